The standard InChI is InChI=1S/C13H20NO.HI/c1-14(2)10-8-13(15,9-11-14)12-6-4-3-5-7-12;/h3-7,15H,8-11H2,1-2H3;1H/q+1;/p-1. The minimum Gasteiger partial charge on any atom is -1.00 e. The van der Waals surface area contributed by atoms with Crippen molar-refractivity contribution in [3.8, 4) is 0 Å². The first-order valence-corrected chi connectivity index (χ1v) is 5.62. The van der Waals surface area contributed by atoms with Crippen LogP contribution in [0.1, 0.15) is 18.4 Å². The molecule has 3 heteroatoms. The van der Waals surface area contributed by atoms with Gasteiger partial charge >= 0.3 is 0 Å². The lowest BCUT2D eigenvalue weighted by molar-refractivity contribution is -0.897. The highest BCUT2D eigenvalue weighted by Gasteiger charge is 2.38. The minimum atomic E-state index is -0.588. The van der Waals surface area contributed by atoms with Crippen LogP contribution in [0.25, 0.3) is 0 Å². The Morgan fingerprint density at radius 1 is 1.06 bits per heavy atom. The molecular formula is C13H20INO. The summed E-state index contributed by atoms with van der Waals surface area (Å²) in [5.41, 5.74) is 0.486. The molecule has 1 aliphatic rings. The van der Waals surface area contributed by atoms with E-state index >= 15 is 0 Å². The molecule has 1 aromatic rings. The van der Waals surface area contributed by atoms with E-state index in [9.17, 15) is 5.11 Å². The van der Waals surface area contributed by atoms with Crippen LogP contribution in [0.4, 0.5) is 0 Å². The Morgan fingerprint density at radius 3 is 2.06 bits per heavy atom. The Balaban J connectivity index is 0.00000128. The van der Waals surface area contributed by atoms with Crippen molar-refractivity contribution in [2.45, 2.75) is 18.4 Å². The van der Waals surface area contributed by atoms with Gasteiger partial charge in [0.15, 0.2) is 0 Å². The highest BCUT2D eigenvalue weighted by Crippen LogP contribution is 2.33. The fraction of sp³-hybridized carbons (Fsp3) is 0.538. The molecule has 1 aromatic carbocycles. The Morgan fingerprint density at radius 2 is 1.56 bits per heavy atom. The van der Waals surface area contributed by atoms with Gasteiger partial charge in [0.1, 0.15) is 5.60 Å². The number of hydrogen-bond acceptors (Lipinski definition) is 1. The fourth-order valence-electron chi connectivity index (χ4n) is 2.25. The molecule has 1 heterocycles. The third kappa shape index (κ3) is 2.96. The molecule has 0 aromatic heterocycles. The third-order valence-electron chi connectivity index (χ3n) is 3.57. The van der Waals surface area contributed by atoms with Crippen molar-refractivity contribution in [3.63, 3.8) is 0 Å². The SMILES string of the molecule is C[N+]1(C)CCC(O)(c2ccccc2)CC1.[I-]. The number of nitrogens with zero attached hydrogens (tertiary/aromatic N) is 1. The van der Waals surface area contributed by atoms with Crippen molar-refractivity contribution in [2.75, 3.05) is 27.2 Å². The van der Waals surface area contributed by atoms with E-state index < -0.39 is 5.60 Å². The van der Waals surface area contributed by atoms with Crippen molar-refractivity contribution in [3.05, 3.63) is 35.9 Å². The number of piperidine rings is 1. The molecule has 1 N–H and O–H groups in total. The quantitative estimate of drug-likeness (QED) is 0.503. The fourth-order valence-corrected chi connectivity index (χ4v) is 2.25. The molecular weight excluding hydrogens is 313 g/mol. The molecule has 0 atom stereocenters. The van der Waals surface area contributed by atoms with Gasteiger partial charge < -0.3 is 33.6 Å². The van der Waals surface area contributed by atoms with Gasteiger partial charge in [-0.2, -0.15) is 0 Å². The number of halogens is 1. The number of quaternary nitrogens is 1. The summed E-state index contributed by atoms with van der Waals surface area (Å²) in [7, 11) is 4.45. The number of rotatable bonds is 1. The molecule has 1 saturated heterocycles. The summed E-state index contributed by atoms with van der Waals surface area (Å²) in [5.74, 6) is 0. The lowest BCUT2D eigenvalue weighted by Crippen LogP contribution is -3.00. The predicted octanol–water partition coefficient (Wildman–Crippen LogP) is -1.25. The van der Waals surface area contributed by atoms with Crippen LogP contribution < -0.4 is 24.0 Å². The number of likely N-dealkylation sites (tertiary alicyclic amines) is 1. The minimum absolute atomic E-state index is 0. The molecule has 2 nitrogen and oxygen atoms in total. The topological polar surface area (TPSA) is 20.2 Å². The normalized spacial score (nSPS) is 22.2. The molecule has 0 bridgehead atoms. The molecule has 0 unspecified atom stereocenters. The zero-order valence-electron chi connectivity index (χ0n) is 9.99. The van der Waals surface area contributed by atoms with Crippen molar-refractivity contribution >= 4 is 0 Å². The zero-order valence-corrected chi connectivity index (χ0v) is 12.1. The first-order valence-electron chi connectivity index (χ1n) is 5.62. The van der Waals surface area contributed by atoms with E-state index in [4.69, 9.17) is 0 Å². The van der Waals surface area contributed by atoms with Crippen LogP contribution in [0.5, 0.6) is 0 Å². The van der Waals surface area contributed by atoms with Gasteiger partial charge in [0.05, 0.1) is 27.2 Å². The van der Waals surface area contributed by atoms with E-state index in [1.54, 1.807) is 0 Å². The summed E-state index contributed by atoms with van der Waals surface area (Å²) in [6.45, 7) is 2.09. The van der Waals surface area contributed by atoms with Gasteiger partial charge in [-0.3, -0.25) is 0 Å². The molecule has 1 fully saturated rings. The third-order valence-corrected chi connectivity index (χ3v) is 3.57. The summed E-state index contributed by atoms with van der Waals surface area (Å²) in [5, 5.41) is 10.6. The van der Waals surface area contributed by atoms with Gasteiger partial charge in [-0.15, -0.1) is 0 Å². The van der Waals surface area contributed by atoms with Crippen molar-refractivity contribution in [1.82, 2.24) is 0 Å². The number of benzene rings is 1. The van der Waals surface area contributed by atoms with Crippen LogP contribution in [0.15, 0.2) is 30.3 Å². The molecule has 0 radical (unpaired) electrons. The van der Waals surface area contributed by atoms with Gasteiger partial charge in [0.25, 0.3) is 0 Å². The molecule has 1 aliphatic heterocycles. The monoisotopic (exact) mass is 333 g/mol. The van der Waals surface area contributed by atoms with E-state index in [0.717, 1.165) is 36.0 Å². The maximum Gasteiger partial charge on any atom is 0.100 e. The highest BCUT2D eigenvalue weighted by atomic mass is 127. The molecule has 0 spiro atoms. The molecule has 0 aliphatic carbocycles. The van der Waals surface area contributed by atoms with E-state index in [1.165, 1.54) is 0 Å². The smallest absolute Gasteiger partial charge is 0.100 e. The Bertz CT molecular complexity index is 327. The second-order valence-corrected chi connectivity index (χ2v) is 5.28. The molecule has 0 saturated carbocycles. The van der Waals surface area contributed by atoms with Crippen LogP contribution >= 0.6 is 0 Å². The Kier molecular flexibility index (Phi) is 4.37. The number of hydrogen-bond donors (Lipinski definition) is 1. The summed E-state index contributed by atoms with van der Waals surface area (Å²) in [4.78, 5) is 0. The first kappa shape index (κ1) is 13.9. The second kappa shape index (κ2) is 5.02. The molecule has 0 amide bonds. The van der Waals surface area contributed by atoms with Crippen molar-refractivity contribution < 1.29 is 33.6 Å². The van der Waals surface area contributed by atoms with Crippen LogP contribution in [0.2, 0.25) is 0 Å². The lowest BCUT2D eigenvalue weighted by Gasteiger charge is -2.42. The maximum atomic E-state index is 10.6. The van der Waals surface area contributed by atoms with Gasteiger partial charge in [-0.05, 0) is 5.56 Å². The van der Waals surface area contributed by atoms with Crippen LogP contribution in [-0.4, -0.2) is 36.8 Å². The van der Waals surface area contributed by atoms with Crippen molar-refractivity contribution in [2.24, 2.45) is 0 Å². The molecule has 90 valence electrons. The Labute approximate surface area is 115 Å². The molecule has 16 heavy (non-hydrogen) atoms. The van der Waals surface area contributed by atoms with E-state index in [-0.39, 0.29) is 24.0 Å². The van der Waals surface area contributed by atoms with Gasteiger partial charge in [0.2, 0.25) is 0 Å². The second-order valence-electron chi connectivity index (χ2n) is 5.28. The van der Waals surface area contributed by atoms with E-state index in [1.807, 2.05) is 30.3 Å². The average molecular weight is 333 g/mol. The maximum absolute atomic E-state index is 10.6. The molecule has 2 rings (SSSR count). The summed E-state index contributed by atoms with van der Waals surface area (Å²) in [6.07, 6.45) is 1.73. The summed E-state index contributed by atoms with van der Waals surface area (Å²) < 4.78 is 1.02. The Hall–Kier alpha value is -0.130. The predicted molar refractivity (Wildman–Crippen MR) is 61.4 cm³/mol. The van der Waals surface area contributed by atoms with Gasteiger partial charge in [0, 0.05) is 12.8 Å². The van der Waals surface area contributed by atoms with Crippen LogP contribution in [0, 0.1) is 0 Å². The van der Waals surface area contributed by atoms with E-state index in [0.29, 0.717) is 0 Å². The summed E-state index contributed by atoms with van der Waals surface area (Å²) in [6, 6.07) is 10.1. The number of aliphatic hydroxyl groups is 1. The zero-order chi connectivity index (χ0) is 10.9. The van der Waals surface area contributed by atoms with E-state index in [2.05, 4.69) is 14.1 Å². The van der Waals surface area contributed by atoms with Gasteiger partial charge in [-0.1, -0.05) is 30.3 Å². The van der Waals surface area contributed by atoms with Crippen LogP contribution in [0.3, 0.4) is 0 Å². The first-order chi connectivity index (χ1) is 7.02. The van der Waals surface area contributed by atoms with Crippen LogP contribution in [-0.2, 0) is 5.60 Å². The highest BCUT2D eigenvalue weighted by molar-refractivity contribution is 5.22. The van der Waals surface area contributed by atoms with Crippen molar-refractivity contribution in [1.29, 1.82) is 0 Å². The average Bonchev–Trinajstić information content (AvgIpc) is 2.24. The summed E-state index contributed by atoms with van der Waals surface area (Å²) >= 11 is 0. The van der Waals surface area contributed by atoms with Gasteiger partial charge in [-0.25, -0.2) is 0 Å². The largest absolute Gasteiger partial charge is 1.00 e. The lowest BCUT2D eigenvalue weighted by atomic mass is 9.84.